The summed E-state index contributed by atoms with van der Waals surface area (Å²) >= 11 is 0. The minimum atomic E-state index is -0.147. The number of benzene rings is 1. The minimum absolute atomic E-state index is 0.00349. The first-order valence-electron chi connectivity index (χ1n) is 13.5. The van der Waals surface area contributed by atoms with E-state index in [2.05, 4.69) is 20.0 Å². The number of anilines is 1. The molecule has 0 spiro atoms. The summed E-state index contributed by atoms with van der Waals surface area (Å²) < 4.78 is 10.6. The van der Waals surface area contributed by atoms with E-state index in [4.69, 9.17) is 9.47 Å². The van der Waals surface area contributed by atoms with E-state index in [1.165, 1.54) is 0 Å². The zero-order valence-electron chi connectivity index (χ0n) is 22.8. The molecule has 10 heteroatoms. The summed E-state index contributed by atoms with van der Waals surface area (Å²) in [7, 11) is 1.65. The van der Waals surface area contributed by atoms with Gasteiger partial charge in [0.1, 0.15) is 5.75 Å². The average molecular weight is 525 g/mol. The number of methoxy groups -OCH3 is 1. The molecule has 0 atom stereocenters. The second-order valence-electron chi connectivity index (χ2n) is 10.1. The Morgan fingerprint density at radius 3 is 2.39 bits per heavy atom. The van der Waals surface area contributed by atoms with Crippen molar-refractivity contribution in [2.24, 2.45) is 5.92 Å². The van der Waals surface area contributed by atoms with E-state index < -0.39 is 0 Å². The van der Waals surface area contributed by atoms with Gasteiger partial charge in [0.2, 0.25) is 11.8 Å². The second kappa shape index (κ2) is 13.5. The summed E-state index contributed by atoms with van der Waals surface area (Å²) in [5.74, 6) is 1.49. The predicted molar refractivity (Wildman–Crippen MR) is 146 cm³/mol. The van der Waals surface area contributed by atoms with Gasteiger partial charge in [0, 0.05) is 63.8 Å². The largest absolute Gasteiger partial charge is 0.497 e. The number of ether oxygens (including phenoxy) is 2. The number of amides is 2. The molecule has 2 aliphatic heterocycles. The molecule has 2 aliphatic rings. The van der Waals surface area contributed by atoms with Crippen molar-refractivity contribution < 1.29 is 19.1 Å². The molecule has 1 aromatic heterocycles. The van der Waals surface area contributed by atoms with E-state index in [0.717, 1.165) is 68.6 Å². The molecular weight excluding hydrogens is 484 g/mol. The van der Waals surface area contributed by atoms with Crippen LogP contribution in [0, 0.1) is 5.92 Å². The maximum absolute atomic E-state index is 13.3. The summed E-state index contributed by atoms with van der Waals surface area (Å²) in [4.78, 5) is 34.2. The van der Waals surface area contributed by atoms with Gasteiger partial charge in [0.25, 0.3) is 0 Å². The van der Waals surface area contributed by atoms with E-state index >= 15 is 0 Å². The van der Waals surface area contributed by atoms with Crippen molar-refractivity contribution in [2.45, 2.75) is 20.3 Å². The number of hydrogen-bond acceptors (Lipinski definition) is 8. The van der Waals surface area contributed by atoms with Crippen LogP contribution in [0.2, 0.25) is 0 Å². The van der Waals surface area contributed by atoms with Gasteiger partial charge in [-0.05, 0) is 42.8 Å². The fourth-order valence-electron chi connectivity index (χ4n) is 4.79. The highest BCUT2D eigenvalue weighted by atomic mass is 16.5. The van der Waals surface area contributed by atoms with Gasteiger partial charge in [-0.3, -0.25) is 14.5 Å². The van der Waals surface area contributed by atoms with Crippen molar-refractivity contribution in [3.8, 4) is 17.0 Å². The molecule has 206 valence electrons. The third-order valence-electron chi connectivity index (χ3n) is 7.13. The summed E-state index contributed by atoms with van der Waals surface area (Å²) in [6.07, 6.45) is 0.833. The molecule has 0 saturated carbocycles. The van der Waals surface area contributed by atoms with E-state index in [-0.39, 0.29) is 24.3 Å². The highest BCUT2D eigenvalue weighted by Gasteiger charge is 2.26. The molecule has 2 fully saturated rings. The van der Waals surface area contributed by atoms with Crippen molar-refractivity contribution in [1.29, 1.82) is 0 Å². The second-order valence-corrected chi connectivity index (χ2v) is 10.1. The third-order valence-corrected chi connectivity index (χ3v) is 7.13. The topological polar surface area (TPSA) is 91.3 Å². The molecule has 4 rings (SSSR count). The first-order chi connectivity index (χ1) is 18.4. The van der Waals surface area contributed by atoms with Crippen molar-refractivity contribution >= 4 is 17.6 Å². The summed E-state index contributed by atoms with van der Waals surface area (Å²) in [5.41, 5.74) is 1.78. The van der Waals surface area contributed by atoms with Crippen molar-refractivity contribution in [3.05, 3.63) is 36.4 Å². The fourth-order valence-corrected chi connectivity index (χ4v) is 4.79. The van der Waals surface area contributed by atoms with Gasteiger partial charge < -0.3 is 24.2 Å². The van der Waals surface area contributed by atoms with Crippen LogP contribution in [0.4, 0.5) is 5.82 Å². The van der Waals surface area contributed by atoms with Gasteiger partial charge in [-0.1, -0.05) is 13.8 Å². The number of morpholine rings is 1. The standard InChI is InChI=1S/C28H40N6O4/c1-22(2)28(36)34(14-13-31-17-19-38-20-18-31)21-27(35)33-12-4-11-32(15-16-33)26-10-9-25(29-30-26)23-5-7-24(37-3)8-6-23/h5-10,22H,4,11-21H2,1-3H3. The molecule has 0 bridgehead atoms. The van der Waals surface area contributed by atoms with Crippen molar-refractivity contribution in [3.63, 3.8) is 0 Å². The minimum Gasteiger partial charge on any atom is -0.497 e. The lowest BCUT2D eigenvalue weighted by Gasteiger charge is -2.32. The number of rotatable bonds is 9. The predicted octanol–water partition coefficient (Wildman–Crippen LogP) is 2.01. The monoisotopic (exact) mass is 524 g/mol. The highest BCUT2D eigenvalue weighted by Crippen LogP contribution is 2.22. The first-order valence-corrected chi connectivity index (χ1v) is 13.5. The lowest BCUT2D eigenvalue weighted by atomic mass is 10.1. The van der Waals surface area contributed by atoms with Crippen molar-refractivity contribution in [1.82, 2.24) is 24.9 Å². The van der Waals surface area contributed by atoms with E-state index in [0.29, 0.717) is 26.2 Å². The molecule has 0 radical (unpaired) electrons. The van der Waals surface area contributed by atoms with Gasteiger partial charge in [-0.25, -0.2) is 0 Å². The summed E-state index contributed by atoms with van der Waals surface area (Å²) in [5, 5.41) is 8.90. The fraction of sp³-hybridized carbons (Fsp3) is 0.571. The molecule has 10 nitrogen and oxygen atoms in total. The summed E-state index contributed by atoms with van der Waals surface area (Å²) in [6, 6.07) is 11.7. The number of nitrogens with zero attached hydrogens (tertiary/aromatic N) is 6. The van der Waals surface area contributed by atoms with Gasteiger partial charge in [0.15, 0.2) is 5.82 Å². The van der Waals surface area contributed by atoms with Gasteiger partial charge in [-0.15, -0.1) is 10.2 Å². The number of aromatic nitrogens is 2. The van der Waals surface area contributed by atoms with E-state index in [1.54, 1.807) is 12.0 Å². The van der Waals surface area contributed by atoms with Gasteiger partial charge in [0.05, 0.1) is 32.6 Å². The lowest BCUT2D eigenvalue weighted by Crippen LogP contribution is -2.48. The Bertz CT molecular complexity index is 1040. The molecule has 0 aliphatic carbocycles. The average Bonchev–Trinajstić information content (AvgIpc) is 3.22. The quantitative estimate of drug-likeness (QED) is 0.492. The molecule has 2 saturated heterocycles. The molecule has 1 aromatic carbocycles. The van der Waals surface area contributed by atoms with Crippen LogP contribution in [0.15, 0.2) is 36.4 Å². The molecule has 0 N–H and O–H groups in total. The third kappa shape index (κ3) is 7.41. The maximum Gasteiger partial charge on any atom is 0.242 e. The molecule has 3 heterocycles. The SMILES string of the molecule is COc1ccc(-c2ccc(N3CCCN(C(=O)CN(CCN4CCOCC4)C(=O)C(C)C)CC3)nn2)cc1. The van der Waals surface area contributed by atoms with E-state index in [9.17, 15) is 9.59 Å². The number of carbonyl (C=O) groups excluding carboxylic acids is 2. The molecule has 0 unspecified atom stereocenters. The zero-order valence-corrected chi connectivity index (χ0v) is 22.8. The van der Waals surface area contributed by atoms with E-state index in [1.807, 2.05) is 55.1 Å². The maximum atomic E-state index is 13.3. The highest BCUT2D eigenvalue weighted by molar-refractivity contribution is 5.85. The van der Waals surface area contributed by atoms with Crippen LogP contribution in [0.3, 0.4) is 0 Å². The number of carbonyl (C=O) groups is 2. The Labute approximate surface area is 225 Å². The lowest BCUT2D eigenvalue weighted by molar-refractivity contribution is -0.142. The smallest absolute Gasteiger partial charge is 0.242 e. The molecular formula is C28H40N6O4. The Hall–Kier alpha value is -3.24. The first kappa shape index (κ1) is 27.8. The Balaban J connectivity index is 1.32. The molecule has 2 aromatic rings. The van der Waals surface area contributed by atoms with Crippen molar-refractivity contribution in [2.75, 3.05) is 84.1 Å². The van der Waals surface area contributed by atoms with Crippen LogP contribution in [0.1, 0.15) is 20.3 Å². The molecule has 2 amide bonds. The van der Waals surface area contributed by atoms with Crippen LogP contribution >= 0.6 is 0 Å². The van der Waals surface area contributed by atoms with Crippen LogP contribution < -0.4 is 9.64 Å². The van der Waals surface area contributed by atoms with Crippen LogP contribution in [-0.4, -0.2) is 116 Å². The Kier molecular flexibility index (Phi) is 9.89. The number of hydrogen-bond donors (Lipinski definition) is 0. The van der Waals surface area contributed by atoms with Gasteiger partial charge in [-0.2, -0.15) is 0 Å². The van der Waals surface area contributed by atoms with Crippen LogP contribution in [-0.2, 0) is 14.3 Å². The summed E-state index contributed by atoms with van der Waals surface area (Å²) in [6.45, 7) is 11.1. The van der Waals surface area contributed by atoms with Gasteiger partial charge >= 0.3 is 0 Å². The Morgan fingerprint density at radius 2 is 1.74 bits per heavy atom. The van der Waals surface area contributed by atoms with Crippen LogP contribution in [0.25, 0.3) is 11.3 Å². The Morgan fingerprint density at radius 1 is 0.974 bits per heavy atom. The van der Waals surface area contributed by atoms with Crippen LogP contribution in [0.5, 0.6) is 5.75 Å². The zero-order chi connectivity index (χ0) is 26.9. The normalized spacial score (nSPS) is 16.8. The molecule has 38 heavy (non-hydrogen) atoms.